The van der Waals surface area contributed by atoms with Gasteiger partial charge in [-0.3, -0.25) is 0 Å². The van der Waals surface area contributed by atoms with E-state index >= 15 is 0 Å². The molecular formula is C24H26N2O2. The summed E-state index contributed by atoms with van der Waals surface area (Å²) in [6.07, 6.45) is 9.74. The predicted octanol–water partition coefficient (Wildman–Crippen LogP) is 5.02. The first-order chi connectivity index (χ1) is 13.7. The maximum absolute atomic E-state index is 11.4. The standard InChI is InChI=1S/C24H26N2O2/c27-24(28)22-12-6-11-21-19(16-26-23(21)22)9-4-5-10-20-15-18(13-14-25-20)17-7-2-1-3-8-17/h1-3,6-8,11-13,16,20,25-26H,4-5,9-10,14-15H2,(H,27,28). The largest absolute Gasteiger partial charge is 0.478 e. The molecule has 0 saturated heterocycles. The van der Waals surface area contributed by atoms with Crippen LogP contribution in [0.2, 0.25) is 0 Å². The van der Waals surface area contributed by atoms with E-state index in [1.807, 2.05) is 18.3 Å². The van der Waals surface area contributed by atoms with Gasteiger partial charge in [-0.05, 0) is 48.4 Å². The van der Waals surface area contributed by atoms with Gasteiger partial charge in [0.25, 0.3) is 0 Å². The van der Waals surface area contributed by atoms with Gasteiger partial charge in [-0.15, -0.1) is 0 Å². The SMILES string of the molecule is O=C(O)c1cccc2c(CCCCC3CC(c4ccccc4)=CCN3)c[nH]c12. The molecule has 1 atom stereocenters. The number of aryl methyl sites for hydroxylation is 1. The second kappa shape index (κ2) is 8.44. The first kappa shape index (κ1) is 18.5. The average molecular weight is 374 g/mol. The van der Waals surface area contributed by atoms with Gasteiger partial charge >= 0.3 is 5.97 Å². The number of hydrogen-bond acceptors (Lipinski definition) is 2. The molecule has 1 aliphatic rings. The van der Waals surface area contributed by atoms with Crippen LogP contribution in [0.3, 0.4) is 0 Å². The van der Waals surface area contributed by atoms with E-state index < -0.39 is 5.97 Å². The lowest BCUT2D eigenvalue weighted by Gasteiger charge is -2.24. The number of nitrogens with one attached hydrogen (secondary N) is 2. The molecule has 3 aromatic rings. The van der Waals surface area contributed by atoms with Crippen molar-refractivity contribution in [1.82, 2.24) is 10.3 Å². The number of benzene rings is 2. The lowest BCUT2D eigenvalue weighted by molar-refractivity contribution is 0.0699. The van der Waals surface area contributed by atoms with Crippen LogP contribution in [0, 0.1) is 0 Å². The number of fused-ring (bicyclic) bond motifs is 1. The Morgan fingerprint density at radius 3 is 2.75 bits per heavy atom. The zero-order valence-electron chi connectivity index (χ0n) is 15.9. The molecule has 0 bridgehead atoms. The number of rotatable bonds is 7. The van der Waals surface area contributed by atoms with E-state index in [0.29, 0.717) is 11.6 Å². The molecule has 4 heteroatoms. The van der Waals surface area contributed by atoms with Gasteiger partial charge in [0.1, 0.15) is 0 Å². The van der Waals surface area contributed by atoms with Crippen LogP contribution in [0.15, 0.2) is 60.8 Å². The van der Waals surface area contributed by atoms with Crippen LogP contribution in [0.4, 0.5) is 0 Å². The lowest BCUT2D eigenvalue weighted by atomic mass is 9.92. The van der Waals surface area contributed by atoms with Crippen molar-refractivity contribution < 1.29 is 9.90 Å². The number of H-pyrrole nitrogens is 1. The van der Waals surface area contributed by atoms with E-state index in [1.165, 1.54) is 16.7 Å². The monoisotopic (exact) mass is 374 g/mol. The summed E-state index contributed by atoms with van der Waals surface area (Å²) < 4.78 is 0. The molecular weight excluding hydrogens is 348 g/mol. The Labute approximate surface area is 165 Å². The number of carboxylic acids is 1. The van der Waals surface area contributed by atoms with E-state index in [1.54, 1.807) is 6.07 Å². The molecule has 0 radical (unpaired) electrons. The van der Waals surface area contributed by atoms with Crippen LogP contribution >= 0.6 is 0 Å². The second-order valence-electron chi connectivity index (χ2n) is 7.50. The summed E-state index contributed by atoms with van der Waals surface area (Å²) in [6, 6.07) is 16.7. The van der Waals surface area contributed by atoms with E-state index in [0.717, 1.165) is 49.6 Å². The number of aromatic carboxylic acids is 1. The molecule has 0 saturated carbocycles. The zero-order chi connectivity index (χ0) is 19.3. The molecule has 1 aliphatic heterocycles. The number of para-hydroxylation sites is 1. The fraction of sp³-hybridized carbons (Fsp3) is 0.292. The van der Waals surface area contributed by atoms with Gasteiger partial charge in [0.15, 0.2) is 0 Å². The third-order valence-electron chi connectivity index (χ3n) is 5.65. The molecule has 0 fully saturated rings. The molecule has 0 aliphatic carbocycles. The normalized spacial score (nSPS) is 16.9. The molecule has 28 heavy (non-hydrogen) atoms. The first-order valence-corrected chi connectivity index (χ1v) is 10.0. The predicted molar refractivity (Wildman–Crippen MR) is 114 cm³/mol. The lowest BCUT2D eigenvalue weighted by Crippen LogP contribution is -2.32. The maximum Gasteiger partial charge on any atom is 0.337 e. The number of carboxylic acid groups (broad SMARTS) is 1. The van der Waals surface area contributed by atoms with Crippen molar-refractivity contribution in [3.8, 4) is 0 Å². The molecule has 144 valence electrons. The highest BCUT2D eigenvalue weighted by Gasteiger charge is 2.16. The van der Waals surface area contributed by atoms with Gasteiger partial charge < -0.3 is 15.4 Å². The summed E-state index contributed by atoms with van der Waals surface area (Å²) in [7, 11) is 0. The van der Waals surface area contributed by atoms with E-state index in [4.69, 9.17) is 0 Å². The van der Waals surface area contributed by atoms with E-state index in [-0.39, 0.29) is 0 Å². The highest BCUT2D eigenvalue weighted by Crippen LogP contribution is 2.26. The van der Waals surface area contributed by atoms with Crippen LogP contribution < -0.4 is 5.32 Å². The third-order valence-corrected chi connectivity index (χ3v) is 5.65. The summed E-state index contributed by atoms with van der Waals surface area (Å²) in [4.78, 5) is 14.5. The average Bonchev–Trinajstić information content (AvgIpc) is 3.15. The fourth-order valence-corrected chi connectivity index (χ4v) is 4.17. The number of aromatic nitrogens is 1. The molecule has 0 spiro atoms. The summed E-state index contributed by atoms with van der Waals surface area (Å²) >= 11 is 0. The van der Waals surface area contributed by atoms with Crippen LogP contribution in [-0.4, -0.2) is 28.6 Å². The van der Waals surface area contributed by atoms with E-state index in [9.17, 15) is 9.90 Å². The van der Waals surface area contributed by atoms with E-state index in [2.05, 4.69) is 46.7 Å². The Kier molecular flexibility index (Phi) is 5.58. The van der Waals surface area contributed by atoms with Crippen LogP contribution in [-0.2, 0) is 6.42 Å². The Balaban J connectivity index is 1.31. The Bertz CT molecular complexity index is 988. The number of unbranched alkanes of at least 4 members (excludes halogenated alkanes) is 1. The van der Waals surface area contributed by atoms with Crippen molar-refractivity contribution in [1.29, 1.82) is 0 Å². The second-order valence-corrected chi connectivity index (χ2v) is 7.50. The van der Waals surface area contributed by atoms with Crippen molar-refractivity contribution in [2.75, 3.05) is 6.54 Å². The fourth-order valence-electron chi connectivity index (χ4n) is 4.17. The zero-order valence-corrected chi connectivity index (χ0v) is 15.9. The van der Waals surface area contributed by atoms with Crippen LogP contribution in [0.5, 0.6) is 0 Å². The Hall–Kier alpha value is -2.85. The number of aromatic amines is 1. The van der Waals surface area contributed by atoms with Crippen molar-refractivity contribution >= 4 is 22.4 Å². The molecule has 1 unspecified atom stereocenters. The number of hydrogen-bond donors (Lipinski definition) is 3. The molecule has 3 N–H and O–H groups in total. The minimum absolute atomic E-state index is 0.343. The van der Waals surface area contributed by atoms with Crippen LogP contribution in [0.25, 0.3) is 16.5 Å². The van der Waals surface area contributed by atoms with Gasteiger partial charge in [0.2, 0.25) is 0 Å². The molecule has 2 aromatic carbocycles. The highest BCUT2D eigenvalue weighted by atomic mass is 16.4. The Morgan fingerprint density at radius 1 is 1.07 bits per heavy atom. The van der Waals surface area contributed by atoms with Crippen molar-refractivity contribution in [3.63, 3.8) is 0 Å². The quantitative estimate of drug-likeness (QED) is 0.509. The maximum atomic E-state index is 11.4. The molecule has 4 nitrogen and oxygen atoms in total. The summed E-state index contributed by atoms with van der Waals surface area (Å²) in [5.41, 5.74) is 5.07. The van der Waals surface area contributed by atoms with Crippen LogP contribution in [0.1, 0.15) is 47.2 Å². The van der Waals surface area contributed by atoms with Gasteiger partial charge in [-0.25, -0.2) is 4.79 Å². The van der Waals surface area contributed by atoms with Gasteiger partial charge in [-0.1, -0.05) is 55.0 Å². The smallest absolute Gasteiger partial charge is 0.337 e. The van der Waals surface area contributed by atoms with Gasteiger partial charge in [0, 0.05) is 24.2 Å². The highest BCUT2D eigenvalue weighted by molar-refractivity contribution is 6.02. The molecule has 0 amide bonds. The van der Waals surface area contributed by atoms with Crippen molar-refractivity contribution in [3.05, 3.63) is 77.5 Å². The summed E-state index contributed by atoms with van der Waals surface area (Å²) in [5, 5.41) is 14.0. The van der Waals surface area contributed by atoms with Gasteiger partial charge in [0.05, 0.1) is 11.1 Å². The number of carbonyl (C=O) groups is 1. The van der Waals surface area contributed by atoms with Crippen molar-refractivity contribution in [2.24, 2.45) is 0 Å². The summed E-state index contributed by atoms with van der Waals surface area (Å²) in [5.74, 6) is -0.885. The minimum atomic E-state index is -0.885. The van der Waals surface area contributed by atoms with Crippen molar-refractivity contribution in [2.45, 2.75) is 38.1 Å². The topological polar surface area (TPSA) is 65.1 Å². The molecule has 2 heterocycles. The van der Waals surface area contributed by atoms with Gasteiger partial charge in [-0.2, -0.15) is 0 Å². The molecule has 1 aromatic heterocycles. The first-order valence-electron chi connectivity index (χ1n) is 10.0. The minimum Gasteiger partial charge on any atom is -0.478 e. The Morgan fingerprint density at radius 2 is 1.93 bits per heavy atom. The third kappa shape index (κ3) is 4.02. The molecule has 4 rings (SSSR count). The summed E-state index contributed by atoms with van der Waals surface area (Å²) in [6.45, 7) is 0.940.